The van der Waals surface area contributed by atoms with Crippen LogP contribution in [0.4, 0.5) is 5.69 Å². The van der Waals surface area contributed by atoms with Gasteiger partial charge in [0.1, 0.15) is 14.8 Å². The number of furan rings is 1. The van der Waals surface area contributed by atoms with Crippen molar-refractivity contribution in [2.75, 3.05) is 32.1 Å². The number of thioether (sulfide) groups is 1. The normalized spacial score (nSPS) is 30.3. The molecule has 0 bridgehead atoms. The molecule has 3 aliphatic rings. The number of fused-ring (bicyclic) bond motifs is 3. The van der Waals surface area contributed by atoms with Crippen molar-refractivity contribution in [2.24, 2.45) is 0 Å². The highest BCUT2D eigenvalue weighted by Gasteiger charge is 2.79. The second kappa shape index (κ2) is 6.93. The minimum atomic E-state index is -1.28. The molecule has 31 heavy (non-hydrogen) atoms. The van der Waals surface area contributed by atoms with Gasteiger partial charge in [0.2, 0.25) is 5.91 Å². The maximum Gasteiger partial charge on any atom is 0.254 e. The molecule has 2 fully saturated rings. The molecule has 1 aromatic carbocycles. The first-order valence-corrected chi connectivity index (χ1v) is 11.4. The van der Waals surface area contributed by atoms with E-state index in [1.165, 1.54) is 11.8 Å². The highest BCUT2D eigenvalue weighted by molar-refractivity contribution is 8.25. The van der Waals surface area contributed by atoms with Crippen LogP contribution in [0, 0.1) is 0 Å². The van der Waals surface area contributed by atoms with Gasteiger partial charge in [-0.15, -0.1) is 6.58 Å². The van der Waals surface area contributed by atoms with E-state index in [1.54, 1.807) is 47.4 Å². The van der Waals surface area contributed by atoms with Gasteiger partial charge in [-0.3, -0.25) is 19.4 Å². The van der Waals surface area contributed by atoms with Crippen molar-refractivity contribution in [1.82, 2.24) is 9.80 Å². The van der Waals surface area contributed by atoms with Gasteiger partial charge in [-0.2, -0.15) is 0 Å². The third-order valence-electron chi connectivity index (χ3n) is 6.61. The van der Waals surface area contributed by atoms with Gasteiger partial charge in [-0.05, 0) is 37.4 Å². The van der Waals surface area contributed by atoms with Crippen molar-refractivity contribution in [3.05, 3.63) is 65.6 Å². The molecule has 160 valence electrons. The zero-order valence-corrected chi connectivity index (χ0v) is 19.4. The molecular formula is C22H20ClN3O3S2. The zero-order valence-electron chi connectivity index (χ0n) is 17.0. The van der Waals surface area contributed by atoms with E-state index in [0.29, 0.717) is 27.2 Å². The van der Waals surface area contributed by atoms with Crippen LogP contribution in [-0.4, -0.2) is 57.9 Å². The van der Waals surface area contributed by atoms with Crippen LogP contribution in [0.15, 0.2) is 53.7 Å². The number of likely N-dealkylation sites (N-methyl/N-ethyl adjacent to an activating group) is 2. The van der Waals surface area contributed by atoms with Crippen LogP contribution in [0.25, 0.3) is 0 Å². The number of amides is 2. The van der Waals surface area contributed by atoms with Crippen molar-refractivity contribution in [3.8, 4) is 0 Å². The maximum absolute atomic E-state index is 14.2. The SMILES string of the molecule is C=CCN1C(=O)[C@@]2(SC1=S)[C@@H](c1ccco1)CN(C)[C@]21C(=O)N(C)c2ccc(Cl)cc21. The summed E-state index contributed by atoms with van der Waals surface area (Å²) in [5, 5.41) is 0.507. The van der Waals surface area contributed by atoms with E-state index in [9.17, 15) is 9.59 Å². The average Bonchev–Trinajstić information content (AvgIpc) is 3.45. The standard InChI is InChI=1S/C22H20ClN3O3S2/c1-4-9-26-19(28)22(31-20(26)30)15(17-6-5-10-29-17)12-24(2)21(22)14-11-13(23)7-8-16(14)25(3)18(21)27/h4-8,10-11,15H,1,9,12H2,2-3H3/t15-,21-,22+/m1/s1. The van der Waals surface area contributed by atoms with Crippen LogP contribution in [0.5, 0.6) is 0 Å². The Bertz CT molecular complexity index is 1140. The Morgan fingerprint density at radius 2 is 2.10 bits per heavy atom. The third kappa shape index (κ3) is 2.36. The molecule has 4 heterocycles. The van der Waals surface area contributed by atoms with Crippen LogP contribution in [0.1, 0.15) is 17.2 Å². The first kappa shape index (κ1) is 20.8. The Balaban J connectivity index is 1.85. The van der Waals surface area contributed by atoms with Crippen molar-refractivity contribution in [2.45, 2.75) is 16.2 Å². The number of thiocarbonyl (C=S) groups is 1. The summed E-state index contributed by atoms with van der Waals surface area (Å²) in [5.74, 6) is -0.119. The molecule has 6 nitrogen and oxygen atoms in total. The molecule has 0 radical (unpaired) electrons. The average molecular weight is 474 g/mol. The molecule has 2 amide bonds. The molecule has 0 unspecified atom stereocenters. The number of carbonyl (C=O) groups excluding carboxylic acids is 2. The number of carbonyl (C=O) groups is 2. The molecule has 9 heteroatoms. The largest absolute Gasteiger partial charge is 0.469 e. The van der Waals surface area contributed by atoms with E-state index in [2.05, 4.69) is 6.58 Å². The van der Waals surface area contributed by atoms with Crippen molar-refractivity contribution >= 4 is 57.4 Å². The van der Waals surface area contributed by atoms with Crippen molar-refractivity contribution < 1.29 is 14.0 Å². The molecule has 3 atom stereocenters. The van der Waals surface area contributed by atoms with Gasteiger partial charge < -0.3 is 9.32 Å². The van der Waals surface area contributed by atoms with E-state index < -0.39 is 10.3 Å². The van der Waals surface area contributed by atoms with E-state index in [0.717, 1.165) is 5.69 Å². The van der Waals surface area contributed by atoms with E-state index in [1.807, 2.05) is 24.1 Å². The summed E-state index contributed by atoms with van der Waals surface area (Å²) in [4.78, 5) is 33.4. The third-order valence-corrected chi connectivity index (χ3v) is 8.79. The van der Waals surface area contributed by atoms with Crippen molar-refractivity contribution in [1.29, 1.82) is 0 Å². The van der Waals surface area contributed by atoms with Crippen LogP contribution in [0.2, 0.25) is 5.02 Å². The highest BCUT2D eigenvalue weighted by atomic mass is 35.5. The molecule has 0 aliphatic carbocycles. The number of nitrogens with zero attached hydrogens (tertiary/aromatic N) is 3. The summed E-state index contributed by atoms with van der Waals surface area (Å²) < 4.78 is 4.98. The van der Waals surface area contributed by atoms with Crippen LogP contribution < -0.4 is 4.90 Å². The van der Waals surface area contributed by atoms with E-state index in [4.69, 9.17) is 28.2 Å². The monoisotopic (exact) mass is 473 g/mol. The lowest BCUT2D eigenvalue weighted by Gasteiger charge is -2.41. The van der Waals surface area contributed by atoms with Gasteiger partial charge in [0.05, 0.1) is 12.2 Å². The second-order valence-electron chi connectivity index (χ2n) is 7.99. The lowest BCUT2D eigenvalue weighted by Crippen LogP contribution is -2.62. The fraction of sp³-hybridized carbons (Fsp3) is 0.318. The quantitative estimate of drug-likeness (QED) is 0.501. The molecule has 2 spiro atoms. The number of hydrogen-bond acceptors (Lipinski definition) is 6. The predicted molar refractivity (Wildman–Crippen MR) is 125 cm³/mol. The molecule has 1 aromatic heterocycles. The summed E-state index contributed by atoms with van der Waals surface area (Å²) in [6.45, 7) is 4.50. The van der Waals surface area contributed by atoms with Gasteiger partial charge >= 0.3 is 0 Å². The number of halogens is 1. The van der Waals surface area contributed by atoms with E-state index >= 15 is 0 Å². The summed E-state index contributed by atoms with van der Waals surface area (Å²) in [7, 11) is 3.61. The first-order valence-electron chi connectivity index (χ1n) is 9.79. The predicted octanol–water partition coefficient (Wildman–Crippen LogP) is 3.62. The topological polar surface area (TPSA) is 57.0 Å². The Hall–Kier alpha value is -2.13. The molecule has 2 saturated heterocycles. The number of benzene rings is 1. The minimum absolute atomic E-state index is 0.176. The number of hydrogen-bond donors (Lipinski definition) is 0. The van der Waals surface area contributed by atoms with E-state index in [-0.39, 0.29) is 24.3 Å². The maximum atomic E-state index is 14.2. The Labute approximate surface area is 194 Å². The Morgan fingerprint density at radius 1 is 1.32 bits per heavy atom. The lowest BCUT2D eigenvalue weighted by atomic mass is 9.73. The zero-order chi connectivity index (χ0) is 22.1. The number of likely N-dealkylation sites (tertiary alicyclic amines) is 1. The molecule has 3 aliphatic heterocycles. The lowest BCUT2D eigenvalue weighted by molar-refractivity contribution is -0.138. The number of rotatable bonds is 3. The summed E-state index contributed by atoms with van der Waals surface area (Å²) >= 11 is 13.3. The molecule has 5 rings (SSSR count). The van der Waals surface area contributed by atoms with Crippen LogP contribution >= 0.6 is 35.6 Å². The van der Waals surface area contributed by atoms with Gasteiger partial charge in [0.15, 0.2) is 5.54 Å². The molecular weight excluding hydrogens is 454 g/mol. The summed E-state index contributed by atoms with van der Waals surface area (Å²) in [6.07, 6.45) is 3.23. The first-order chi connectivity index (χ1) is 14.8. The van der Waals surface area contributed by atoms with Crippen molar-refractivity contribution in [3.63, 3.8) is 0 Å². The summed E-state index contributed by atoms with van der Waals surface area (Å²) in [6, 6.07) is 9.04. The highest BCUT2D eigenvalue weighted by Crippen LogP contribution is 2.66. The smallest absolute Gasteiger partial charge is 0.254 e. The van der Waals surface area contributed by atoms with Gasteiger partial charge in [0.25, 0.3) is 5.91 Å². The minimum Gasteiger partial charge on any atom is -0.469 e. The van der Waals surface area contributed by atoms with Gasteiger partial charge in [-0.1, -0.05) is 41.7 Å². The second-order valence-corrected chi connectivity index (χ2v) is 10.3. The molecule has 2 aromatic rings. The fourth-order valence-electron chi connectivity index (χ4n) is 5.40. The summed E-state index contributed by atoms with van der Waals surface area (Å²) in [5.41, 5.74) is 0.177. The number of anilines is 1. The Kier molecular flexibility index (Phi) is 4.64. The molecule has 0 N–H and O–H groups in total. The van der Waals surface area contributed by atoms with Gasteiger partial charge in [-0.25, -0.2) is 0 Å². The molecule has 0 saturated carbocycles. The van der Waals surface area contributed by atoms with Crippen LogP contribution in [0.3, 0.4) is 0 Å². The fourth-order valence-corrected chi connectivity index (χ4v) is 7.69. The van der Waals surface area contributed by atoms with Crippen LogP contribution in [-0.2, 0) is 15.1 Å². The van der Waals surface area contributed by atoms with Gasteiger partial charge in [0, 0.05) is 36.4 Å². The Morgan fingerprint density at radius 3 is 2.77 bits per heavy atom.